The highest BCUT2D eigenvalue weighted by atomic mass is 16.5. The third-order valence-corrected chi connectivity index (χ3v) is 2.56. The van der Waals surface area contributed by atoms with Gasteiger partial charge in [0.1, 0.15) is 0 Å². The van der Waals surface area contributed by atoms with Crippen LogP contribution in [0.3, 0.4) is 0 Å². The summed E-state index contributed by atoms with van der Waals surface area (Å²) >= 11 is 0. The number of amides is 1. The normalized spacial score (nSPS) is 27.5. The van der Waals surface area contributed by atoms with Gasteiger partial charge in [-0.05, 0) is 19.3 Å². The third-order valence-electron chi connectivity index (χ3n) is 2.56. The first kappa shape index (κ1) is 10.5. The minimum absolute atomic E-state index is 0.0294. The second-order valence-electron chi connectivity index (χ2n) is 3.37. The fourth-order valence-corrected chi connectivity index (χ4v) is 1.75. The van der Waals surface area contributed by atoms with Gasteiger partial charge in [-0.3, -0.25) is 4.79 Å². The zero-order chi connectivity index (χ0) is 9.68. The maximum Gasteiger partial charge on any atom is 0.233 e. The van der Waals surface area contributed by atoms with E-state index >= 15 is 0 Å². The Balaban J connectivity index is 2.23. The number of hydrogen-bond acceptors (Lipinski definition) is 3. The fraction of sp³-hybridized carbons (Fsp3) is 0.889. The number of methoxy groups -OCH3 is 1. The van der Waals surface area contributed by atoms with Gasteiger partial charge in [0.25, 0.3) is 0 Å². The molecule has 0 aromatic heterocycles. The molecule has 0 radical (unpaired) electrons. The SMILES string of the molecule is CNC(=O)CNC1CCCC1OC. The van der Waals surface area contributed by atoms with Crippen LogP contribution in [0.25, 0.3) is 0 Å². The lowest BCUT2D eigenvalue weighted by molar-refractivity contribution is -0.120. The van der Waals surface area contributed by atoms with Gasteiger partial charge >= 0.3 is 0 Å². The number of carbonyl (C=O) groups is 1. The molecule has 0 aromatic carbocycles. The van der Waals surface area contributed by atoms with Crippen molar-refractivity contribution < 1.29 is 9.53 Å². The largest absolute Gasteiger partial charge is 0.380 e. The monoisotopic (exact) mass is 186 g/mol. The molecule has 0 aliphatic heterocycles. The summed E-state index contributed by atoms with van der Waals surface area (Å²) < 4.78 is 5.30. The van der Waals surface area contributed by atoms with Crippen molar-refractivity contribution in [1.82, 2.24) is 10.6 Å². The van der Waals surface area contributed by atoms with Crippen LogP contribution in [0.5, 0.6) is 0 Å². The van der Waals surface area contributed by atoms with Gasteiger partial charge in [0, 0.05) is 20.2 Å². The molecular weight excluding hydrogens is 168 g/mol. The summed E-state index contributed by atoms with van der Waals surface area (Å²) in [7, 11) is 3.37. The lowest BCUT2D eigenvalue weighted by atomic mass is 10.2. The molecule has 1 aliphatic carbocycles. The van der Waals surface area contributed by atoms with Gasteiger partial charge in [-0.25, -0.2) is 0 Å². The zero-order valence-electron chi connectivity index (χ0n) is 8.30. The van der Waals surface area contributed by atoms with Gasteiger partial charge in [-0.15, -0.1) is 0 Å². The average molecular weight is 186 g/mol. The maximum atomic E-state index is 10.9. The minimum Gasteiger partial charge on any atom is -0.380 e. The molecule has 0 saturated heterocycles. The molecule has 0 bridgehead atoms. The Morgan fingerprint density at radius 2 is 2.31 bits per heavy atom. The molecule has 1 aliphatic rings. The van der Waals surface area contributed by atoms with Crippen LogP contribution in [-0.4, -0.2) is 38.8 Å². The molecule has 1 saturated carbocycles. The molecule has 0 heterocycles. The van der Waals surface area contributed by atoms with E-state index in [1.165, 1.54) is 6.42 Å². The predicted octanol–water partition coefficient (Wildman–Crippen LogP) is -0.111. The molecule has 1 fully saturated rings. The van der Waals surface area contributed by atoms with E-state index in [0.717, 1.165) is 12.8 Å². The number of hydrogen-bond donors (Lipinski definition) is 2. The molecule has 0 aromatic rings. The Kier molecular flexibility index (Phi) is 4.18. The summed E-state index contributed by atoms with van der Waals surface area (Å²) in [5, 5.41) is 5.78. The second-order valence-corrected chi connectivity index (χ2v) is 3.37. The summed E-state index contributed by atoms with van der Waals surface area (Å²) in [4.78, 5) is 10.9. The van der Waals surface area contributed by atoms with E-state index in [2.05, 4.69) is 10.6 Å². The first-order chi connectivity index (χ1) is 6.27. The van der Waals surface area contributed by atoms with E-state index in [0.29, 0.717) is 12.6 Å². The summed E-state index contributed by atoms with van der Waals surface area (Å²) in [5.41, 5.74) is 0. The maximum absolute atomic E-state index is 10.9. The van der Waals surface area contributed by atoms with E-state index in [4.69, 9.17) is 4.74 Å². The molecule has 76 valence electrons. The van der Waals surface area contributed by atoms with Gasteiger partial charge in [0.05, 0.1) is 12.6 Å². The topological polar surface area (TPSA) is 50.4 Å². The Morgan fingerprint density at radius 1 is 1.54 bits per heavy atom. The third kappa shape index (κ3) is 2.97. The van der Waals surface area contributed by atoms with Crippen LogP contribution >= 0.6 is 0 Å². The van der Waals surface area contributed by atoms with Crippen molar-refractivity contribution in [3.8, 4) is 0 Å². The predicted molar refractivity (Wildman–Crippen MR) is 50.5 cm³/mol. The first-order valence-corrected chi connectivity index (χ1v) is 4.74. The van der Waals surface area contributed by atoms with Crippen molar-refractivity contribution in [2.45, 2.75) is 31.4 Å². The van der Waals surface area contributed by atoms with Crippen LogP contribution in [0.1, 0.15) is 19.3 Å². The van der Waals surface area contributed by atoms with Crippen LogP contribution < -0.4 is 10.6 Å². The van der Waals surface area contributed by atoms with E-state index in [1.807, 2.05) is 0 Å². The van der Waals surface area contributed by atoms with Crippen LogP contribution in [0.2, 0.25) is 0 Å². The Morgan fingerprint density at radius 3 is 2.92 bits per heavy atom. The highest BCUT2D eigenvalue weighted by Crippen LogP contribution is 2.20. The van der Waals surface area contributed by atoms with Crippen molar-refractivity contribution >= 4 is 5.91 Å². The first-order valence-electron chi connectivity index (χ1n) is 4.74. The van der Waals surface area contributed by atoms with E-state index < -0.39 is 0 Å². The molecule has 4 nitrogen and oxygen atoms in total. The number of likely N-dealkylation sites (N-methyl/N-ethyl adjacent to an activating group) is 1. The van der Waals surface area contributed by atoms with Gasteiger partial charge in [0.2, 0.25) is 5.91 Å². The van der Waals surface area contributed by atoms with Crippen LogP contribution in [0.4, 0.5) is 0 Å². The molecule has 1 amide bonds. The molecule has 2 N–H and O–H groups in total. The number of rotatable bonds is 4. The number of nitrogens with one attached hydrogen (secondary N) is 2. The van der Waals surface area contributed by atoms with Gasteiger partial charge in [0.15, 0.2) is 0 Å². The molecule has 13 heavy (non-hydrogen) atoms. The van der Waals surface area contributed by atoms with Crippen molar-refractivity contribution in [2.24, 2.45) is 0 Å². The molecule has 2 unspecified atom stereocenters. The quantitative estimate of drug-likeness (QED) is 0.644. The van der Waals surface area contributed by atoms with Crippen LogP contribution in [0, 0.1) is 0 Å². The molecular formula is C9H18N2O2. The molecule has 4 heteroatoms. The number of ether oxygens (including phenoxy) is 1. The average Bonchev–Trinajstić information content (AvgIpc) is 2.61. The van der Waals surface area contributed by atoms with E-state index in [-0.39, 0.29) is 12.0 Å². The van der Waals surface area contributed by atoms with Crippen molar-refractivity contribution in [1.29, 1.82) is 0 Å². The highest BCUT2D eigenvalue weighted by Gasteiger charge is 2.26. The van der Waals surface area contributed by atoms with Gasteiger partial charge < -0.3 is 15.4 Å². The smallest absolute Gasteiger partial charge is 0.233 e. The van der Waals surface area contributed by atoms with E-state index in [1.54, 1.807) is 14.2 Å². The van der Waals surface area contributed by atoms with Crippen LogP contribution in [-0.2, 0) is 9.53 Å². The Labute approximate surface area is 79.0 Å². The van der Waals surface area contributed by atoms with Gasteiger partial charge in [-0.2, -0.15) is 0 Å². The van der Waals surface area contributed by atoms with Crippen molar-refractivity contribution in [3.05, 3.63) is 0 Å². The zero-order valence-corrected chi connectivity index (χ0v) is 8.30. The molecule has 2 atom stereocenters. The minimum atomic E-state index is 0.0294. The number of carbonyl (C=O) groups excluding carboxylic acids is 1. The molecule has 1 rings (SSSR count). The summed E-state index contributed by atoms with van der Waals surface area (Å²) in [6.07, 6.45) is 3.67. The molecule has 0 spiro atoms. The lowest BCUT2D eigenvalue weighted by Crippen LogP contribution is -2.42. The summed E-state index contributed by atoms with van der Waals surface area (Å²) in [6, 6.07) is 0.349. The highest BCUT2D eigenvalue weighted by molar-refractivity contribution is 5.77. The summed E-state index contributed by atoms with van der Waals surface area (Å²) in [6.45, 7) is 0.390. The Hall–Kier alpha value is -0.610. The lowest BCUT2D eigenvalue weighted by Gasteiger charge is -2.18. The second kappa shape index (κ2) is 5.19. The Bertz CT molecular complexity index is 173. The van der Waals surface area contributed by atoms with Gasteiger partial charge in [-0.1, -0.05) is 0 Å². The standard InChI is InChI=1S/C9H18N2O2/c1-10-9(12)6-11-7-4-3-5-8(7)13-2/h7-8,11H,3-6H2,1-2H3,(H,10,12). The van der Waals surface area contributed by atoms with E-state index in [9.17, 15) is 4.79 Å². The van der Waals surface area contributed by atoms with Crippen molar-refractivity contribution in [2.75, 3.05) is 20.7 Å². The fourth-order valence-electron chi connectivity index (χ4n) is 1.75. The van der Waals surface area contributed by atoms with Crippen LogP contribution in [0.15, 0.2) is 0 Å². The van der Waals surface area contributed by atoms with Crippen molar-refractivity contribution in [3.63, 3.8) is 0 Å². The summed E-state index contributed by atoms with van der Waals surface area (Å²) in [5.74, 6) is 0.0294.